The van der Waals surface area contributed by atoms with Gasteiger partial charge in [-0.15, -0.1) is 0 Å². The second-order valence-corrected chi connectivity index (χ2v) is 9.64. The molecule has 172 valence electrons. The summed E-state index contributed by atoms with van der Waals surface area (Å²) in [6, 6.07) is 20.1. The number of benzene rings is 3. The van der Waals surface area contributed by atoms with E-state index in [2.05, 4.69) is 16.0 Å². The summed E-state index contributed by atoms with van der Waals surface area (Å²) in [7, 11) is -2.45. The van der Waals surface area contributed by atoms with Gasteiger partial charge in [-0.3, -0.25) is 4.79 Å². The first-order valence-corrected chi connectivity index (χ1v) is 11.7. The summed E-state index contributed by atoms with van der Waals surface area (Å²) >= 11 is 0. The minimum atomic E-state index is -3.80. The van der Waals surface area contributed by atoms with E-state index in [1.807, 2.05) is 25.1 Å². The highest BCUT2D eigenvalue weighted by atomic mass is 32.2. The number of urea groups is 1. The van der Waals surface area contributed by atoms with Crippen molar-refractivity contribution in [1.29, 1.82) is 0 Å². The highest BCUT2D eigenvalue weighted by Crippen LogP contribution is 2.21. The fourth-order valence-electron chi connectivity index (χ4n) is 3.02. The zero-order valence-electron chi connectivity index (χ0n) is 18.6. The van der Waals surface area contributed by atoms with E-state index in [-0.39, 0.29) is 11.4 Å². The van der Waals surface area contributed by atoms with Gasteiger partial charge < -0.3 is 16.0 Å². The Bertz CT molecular complexity index is 1240. The third-order valence-electron chi connectivity index (χ3n) is 4.90. The van der Waals surface area contributed by atoms with Crippen LogP contribution in [0.15, 0.2) is 77.7 Å². The lowest BCUT2D eigenvalue weighted by Gasteiger charge is -2.18. The van der Waals surface area contributed by atoms with Crippen LogP contribution in [0.5, 0.6) is 0 Å². The average Bonchev–Trinajstić information content (AvgIpc) is 2.77. The number of rotatable bonds is 7. The summed E-state index contributed by atoms with van der Waals surface area (Å²) in [4.78, 5) is 24.9. The molecule has 0 aliphatic carbocycles. The molecule has 0 radical (unpaired) electrons. The van der Waals surface area contributed by atoms with Crippen LogP contribution in [0.1, 0.15) is 11.1 Å². The number of amides is 3. The molecule has 3 aromatic rings. The van der Waals surface area contributed by atoms with E-state index in [9.17, 15) is 18.0 Å². The van der Waals surface area contributed by atoms with Gasteiger partial charge in [0.25, 0.3) is 0 Å². The SMILES string of the molecule is Cc1ccc(S(=O)(=O)N(C)CC(=O)Nc2cc(NC(=O)Nc3ccccc3)ccc2C)cc1. The lowest BCUT2D eigenvalue weighted by Crippen LogP contribution is -2.35. The Labute approximate surface area is 193 Å². The van der Waals surface area contributed by atoms with E-state index < -0.39 is 22.0 Å². The molecular formula is C24H26N4O4S. The van der Waals surface area contributed by atoms with Gasteiger partial charge in [-0.1, -0.05) is 42.0 Å². The number of carbonyl (C=O) groups is 2. The Kier molecular flexibility index (Phi) is 7.47. The minimum Gasteiger partial charge on any atom is -0.325 e. The molecule has 0 saturated heterocycles. The molecular weight excluding hydrogens is 440 g/mol. The zero-order valence-corrected chi connectivity index (χ0v) is 19.4. The molecule has 3 aromatic carbocycles. The van der Waals surface area contributed by atoms with Crippen LogP contribution in [0.2, 0.25) is 0 Å². The standard InChI is InChI=1S/C24H26N4O4S/c1-17-9-13-21(14-10-17)33(31,32)28(3)16-23(29)27-22-15-20(12-11-18(22)2)26-24(30)25-19-7-5-4-6-8-19/h4-15H,16H2,1-3H3,(H,27,29)(H2,25,26,30). The van der Waals surface area contributed by atoms with Gasteiger partial charge in [0, 0.05) is 24.1 Å². The third kappa shape index (κ3) is 6.41. The molecule has 0 heterocycles. The molecule has 0 atom stereocenters. The van der Waals surface area contributed by atoms with Crippen LogP contribution in [0, 0.1) is 13.8 Å². The first-order chi connectivity index (χ1) is 15.6. The molecule has 0 unspecified atom stereocenters. The van der Waals surface area contributed by atoms with Gasteiger partial charge in [0.15, 0.2) is 0 Å². The Morgan fingerprint density at radius 1 is 0.818 bits per heavy atom. The second-order valence-electron chi connectivity index (χ2n) is 7.60. The van der Waals surface area contributed by atoms with Crippen molar-refractivity contribution in [1.82, 2.24) is 4.31 Å². The molecule has 8 nitrogen and oxygen atoms in total. The number of hydrogen-bond donors (Lipinski definition) is 3. The van der Waals surface area contributed by atoms with E-state index in [0.29, 0.717) is 17.1 Å². The summed E-state index contributed by atoms with van der Waals surface area (Å²) in [6.45, 7) is 3.31. The lowest BCUT2D eigenvalue weighted by atomic mass is 10.1. The van der Waals surface area contributed by atoms with Crippen molar-refractivity contribution in [3.8, 4) is 0 Å². The van der Waals surface area contributed by atoms with Gasteiger partial charge >= 0.3 is 6.03 Å². The highest BCUT2D eigenvalue weighted by Gasteiger charge is 2.23. The van der Waals surface area contributed by atoms with Crippen LogP contribution >= 0.6 is 0 Å². The fourth-order valence-corrected chi connectivity index (χ4v) is 4.14. The Morgan fingerprint density at radius 3 is 2.12 bits per heavy atom. The van der Waals surface area contributed by atoms with Gasteiger partial charge in [0.05, 0.1) is 11.4 Å². The van der Waals surface area contributed by atoms with Crippen LogP contribution in [-0.4, -0.2) is 38.3 Å². The van der Waals surface area contributed by atoms with E-state index in [4.69, 9.17) is 0 Å². The minimum absolute atomic E-state index is 0.121. The number of nitrogens with one attached hydrogen (secondary N) is 3. The molecule has 33 heavy (non-hydrogen) atoms. The van der Waals surface area contributed by atoms with Crippen LogP contribution in [0.3, 0.4) is 0 Å². The molecule has 0 aliphatic rings. The largest absolute Gasteiger partial charge is 0.325 e. The Morgan fingerprint density at radius 2 is 1.45 bits per heavy atom. The second kappa shape index (κ2) is 10.3. The van der Waals surface area contributed by atoms with Crippen molar-refractivity contribution < 1.29 is 18.0 Å². The quantitative estimate of drug-likeness (QED) is 0.485. The van der Waals surface area contributed by atoms with Crippen molar-refractivity contribution in [3.63, 3.8) is 0 Å². The smallest absolute Gasteiger partial charge is 0.323 e. The maximum atomic E-state index is 12.7. The molecule has 0 aliphatic heterocycles. The van der Waals surface area contributed by atoms with E-state index in [1.54, 1.807) is 49.4 Å². The van der Waals surface area contributed by atoms with Crippen LogP contribution in [-0.2, 0) is 14.8 Å². The van der Waals surface area contributed by atoms with Gasteiger partial charge in [-0.05, 0) is 55.8 Å². The number of sulfonamides is 1. The first kappa shape index (κ1) is 24.0. The van der Waals surface area contributed by atoms with Crippen molar-refractivity contribution in [3.05, 3.63) is 83.9 Å². The monoisotopic (exact) mass is 466 g/mol. The van der Waals surface area contributed by atoms with E-state index in [0.717, 1.165) is 15.4 Å². The van der Waals surface area contributed by atoms with Crippen molar-refractivity contribution >= 4 is 39.0 Å². The molecule has 0 spiro atoms. The summed E-state index contributed by atoms with van der Waals surface area (Å²) in [6.07, 6.45) is 0. The molecule has 0 fully saturated rings. The molecule has 3 rings (SSSR count). The number of hydrogen-bond acceptors (Lipinski definition) is 4. The zero-order chi connectivity index (χ0) is 24.0. The molecule has 3 N–H and O–H groups in total. The molecule has 0 saturated carbocycles. The first-order valence-electron chi connectivity index (χ1n) is 10.2. The summed E-state index contributed by atoms with van der Waals surface area (Å²) in [5.74, 6) is -0.498. The Hall–Kier alpha value is -3.69. The molecule has 9 heteroatoms. The topological polar surface area (TPSA) is 108 Å². The van der Waals surface area contributed by atoms with Gasteiger partial charge in [-0.25, -0.2) is 13.2 Å². The predicted octanol–water partition coefficient (Wildman–Crippen LogP) is 4.21. The maximum absolute atomic E-state index is 12.7. The van der Waals surface area contributed by atoms with Crippen LogP contribution in [0.25, 0.3) is 0 Å². The Balaban J connectivity index is 1.64. The number of likely N-dealkylation sites (N-methyl/N-ethyl adjacent to an activating group) is 1. The number of anilines is 3. The summed E-state index contributed by atoms with van der Waals surface area (Å²) in [5.41, 5.74) is 3.30. The summed E-state index contributed by atoms with van der Waals surface area (Å²) in [5, 5.41) is 8.15. The normalized spacial score (nSPS) is 11.2. The number of para-hydroxylation sites is 1. The highest BCUT2D eigenvalue weighted by molar-refractivity contribution is 7.89. The maximum Gasteiger partial charge on any atom is 0.323 e. The van der Waals surface area contributed by atoms with Gasteiger partial charge in [0.2, 0.25) is 15.9 Å². The van der Waals surface area contributed by atoms with Gasteiger partial charge in [0.1, 0.15) is 0 Å². The van der Waals surface area contributed by atoms with Crippen LogP contribution in [0.4, 0.5) is 21.9 Å². The number of aryl methyl sites for hydroxylation is 2. The number of nitrogens with zero attached hydrogens (tertiary/aromatic N) is 1. The average molecular weight is 467 g/mol. The lowest BCUT2D eigenvalue weighted by molar-refractivity contribution is -0.116. The van der Waals surface area contributed by atoms with Crippen molar-refractivity contribution in [2.75, 3.05) is 29.5 Å². The molecule has 0 aromatic heterocycles. The summed E-state index contributed by atoms with van der Waals surface area (Å²) < 4.78 is 26.4. The van der Waals surface area contributed by atoms with Crippen molar-refractivity contribution in [2.45, 2.75) is 18.7 Å². The van der Waals surface area contributed by atoms with E-state index >= 15 is 0 Å². The van der Waals surface area contributed by atoms with E-state index in [1.165, 1.54) is 19.2 Å². The molecule has 3 amide bonds. The van der Waals surface area contributed by atoms with Crippen LogP contribution < -0.4 is 16.0 Å². The van der Waals surface area contributed by atoms with Crippen molar-refractivity contribution in [2.24, 2.45) is 0 Å². The predicted molar refractivity (Wildman–Crippen MR) is 130 cm³/mol. The third-order valence-corrected chi connectivity index (χ3v) is 6.71. The molecule has 0 bridgehead atoms. The number of carbonyl (C=O) groups excluding carboxylic acids is 2. The fraction of sp³-hybridized carbons (Fsp3) is 0.167. The van der Waals surface area contributed by atoms with Gasteiger partial charge in [-0.2, -0.15) is 4.31 Å².